The molecule has 0 aliphatic heterocycles. The standard InChI is InChI=1S/C10H13N5OS/c1-6-7(17-15-13-6)8-12-9(14-16-8)10(11)4-2-3-5-10/h2-5,11H2,1H3. The number of aromatic nitrogens is 4. The summed E-state index contributed by atoms with van der Waals surface area (Å²) in [7, 11) is 0. The predicted molar refractivity (Wildman–Crippen MR) is 62.3 cm³/mol. The van der Waals surface area contributed by atoms with Crippen molar-refractivity contribution < 1.29 is 4.52 Å². The van der Waals surface area contributed by atoms with Crippen molar-refractivity contribution >= 4 is 11.5 Å². The van der Waals surface area contributed by atoms with E-state index in [2.05, 4.69) is 19.7 Å². The first-order valence-corrected chi connectivity index (χ1v) is 6.39. The molecule has 1 fully saturated rings. The van der Waals surface area contributed by atoms with Crippen LogP contribution in [0.3, 0.4) is 0 Å². The SMILES string of the molecule is Cc1nnsc1-c1nc(C2(N)CCCC2)no1. The van der Waals surface area contributed by atoms with Gasteiger partial charge in [0.15, 0.2) is 5.82 Å². The zero-order valence-electron chi connectivity index (χ0n) is 9.51. The molecular weight excluding hydrogens is 238 g/mol. The largest absolute Gasteiger partial charge is 0.333 e. The Hall–Kier alpha value is -1.34. The average Bonchev–Trinajstić information content (AvgIpc) is 2.97. The molecule has 0 spiro atoms. The monoisotopic (exact) mass is 251 g/mol. The lowest BCUT2D eigenvalue weighted by Crippen LogP contribution is -2.34. The maximum atomic E-state index is 6.27. The second-order valence-electron chi connectivity index (χ2n) is 4.47. The second kappa shape index (κ2) is 3.85. The Morgan fingerprint density at radius 2 is 2.12 bits per heavy atom. The van der Waals surface area contributed by atoms with Gasteiger partial charge in [-0.05, 0) is 31.3 Å². The van der Waals surface area contributed by atoms with Crippen molar-refractivity contribution in [2.45, 2.75) is 38.1 Å². The highest BCUT2D eigenvalue weighted by Crippen LogP contribution is 2.35. The van der Waals surface area contributed by atoms with E-state index in [-0.39, 0.29) is 0 Å². The van der Waals surface area contributed by atoms with Crippen LogP contribution in [0.5, 0.6) is 0 Å². The minimum Gasteiger partial charge on any atom is -0.333 e. The molecule has 0 atom stereocenters. The summed E-state index contributed by atoms with van der Waals surface area (Å²) in [5.74, 6) is 1.09. The summed E-state index contributed by atoms with van der Waals surface area (Å²) in [6.45, 7) is 1.87. The number of hydrogen-bond acceptors (Lipinski definition) is 7. The van der Waals surface area contributed by atoms with Gasteiger partial charge in [-0.25, -0.2) is 0 Å². The number of nitrogens with two attached hydrogens (primary N) is 1. The Morgan fingerprint density at radius 1 is 1.35 bits per heavy atom. The first kappa shape index (κ1) is 10.8. The van der Waals surface area contributed by atoms with E-state index in [4.69, 9.17) is 10.3 Å². The number of nitrogens with zero attached hydrogens (tertiary/aromatic N) is 4. The topological polar surface area (TPSA) is 90.7 Å². The fourth-order valence-corrected chi connectivity index (χ4v) is 2.75. The van der Waals surface area contributed by atoms with Crippen LogP contribution in [-0.4, -0.2) is 19.7 Å². The highest BCUT2D eigenvalue weighted by molar-refractivity contribution is 7.09. The molecule has 0 amide bonds. The van der Waals surface area contributed by atoms with E-state index < -0.39 is 5.54 Å². The van der Waals surface area contributed by atoms with Crippen molar-refractivity contribution in [3.8, 4) is 10.8 Å². The minimum absolute atomic E-state index is 0.409. The van der Waals surface area contributed by atoms with Gasteiger partial charge in [0.05, 0.1) is 11.2 Å². The minimum atomic E-state index is -0.409. The third kappa shape index (κ3) is 1.75. The van der Waals surface area contributed by atoms with E-state index >= 15 is 0 Å². The number of aryl methyl sites for hydroxylation is 1. The van der Waals surface area contributed by atoms with Gasteiger partial charge in [-0.15, -0.1) is 5.10 Å². The molecular formula is C10H13N5OS. The van der Waals surface area contributed by atoms with Crippen molar-refractivity contribution in [3.05, 3.63) is 11.5 Å². The molecule has 0 bridgehead atoms. The summed E-state index contributed by atoms with van der Waals surface area (Å²) in [5.41, 5.74) is 6.67. The van der Waals surface area contributed by atoms with E-state index in [0.29, 0.717) is 11.7 Å². The van der Waals surface area contributed by atoms with Crippen LogP contribution in [-0.2, 0) is 5.54 Å². The first-order chi connectivity index (χ1) is 8.19. The maximum Gasteiger partial charge on any atom is 0.271 e. The number of rotatable bonds is 2. The van der Waals surface area contributed by atoms with Crippen LogP contribution in [0.25, 0.3) is 10.8 Å². The molecule has 6 nitrogen and oxygen atoms in total. The van der Waals surface area contributed by atoms with Crippen molar-refractivity contribution in [2.75, 3.05) is 0 Å². The van der Waals surface area contributed by atoms with Gasteiger partial charge in [0, 0.05) is 0 Å². The molecule has 2 N–H and O–H groups in total. The molecule has 0 aromatic carbocycles. The summed E-state index contributed by atoms with van der Waals surface area (Å²) >= 11 is 1.26. The van der Waals surface area contributed by atoms with Gasteiger partial charge in [0.2, 0.25) is 0 Å². The van der Waals surface area contributed by atoms with Gasteiger partial charge in [0.1, 0.15) is 4.88 Å². The normalized spacial score (nSPS) is 18.7. The van der Waals surface area contributed by atoms with Gasteiger partial charge in [0.25, 0.3) is 5.89 Å². The molecule has 3 rings (SSSR count). The van der Waals surface area contributed by atoms with Crippen LogP contribution in [0, 0.1) is 6.92 Å². The smallest absolute Gasteiger partial charge is 0.271 e. The first-order valence-electron chi connectivity index (χ1n) is 5.61. The molecule has 1 aliphatic rings. The van der Waals surface area contributed by atoms with Crippen LogP contribution in [0.4, 0.5) is 0 Å². The van der Waals surface area contributed by atoms with E-state index in [1.54, 1.807) is 0 Å². The Morgan fingerprint density at radius 3 is 2.76 bits per heavy atom. The summed E-state index contributed by atoms with van der Waals surface area (Å²) in [6.07, 6.45) is 4.10. The van der Waals surface area contributed by atoms with Gasteiger partial charge in [-0.1, -0.05) is 22.5 Å². The molecule has 0 radical (unpaired) electrons. The van der Waals surface area contributed by atoms with Crippen molar-refractivity contribution in [1.29, 1.82) is 0 Å². The molecule has 1 saturated carbocycles. The van der Waals surface area contributed by atoms with Crippen molar-refractivity contribution in [1.82, 2.24) is 19.7 Å². The quantitative estimate of drug-likeness (QED) is 0.872. The van der Waals surface area contributed by atoms with Gasteiger partial charge in [-0.3, -0.25) is 0 Å². The van der Waals surface area contributed by atoms with E-state index in [1.165, 1.54) is 11.5 Å². The summed E-state index contributed by atoms with van der Waals surface area (Å²) in [6, 6.07) is 0. The van der Waals surface area contributed by atoms with Gasteiger partial charge >= 0.3 is 0 Å². The fraction of sp³-hybridized carbons (Fsp3) is 0.600. The average molecular weight is 251 g/mol. The van der Waals surface area contributed by atoms with E-state index in [1.807, 2.05) is 6.92 Å². The molecule has 2 heterocycles. The molecule has 17 heavy (non-hydrogen) atoms. The zero-order valence-corrected chi connectivity index (χ0v) is 10.3. The molecule has 90 valence electrons. The van der Waals surface area contributed by atoms with Crippen LogP contribution >= 0.6 is 11.5 Å². The van der Waals surface area contributed by atoms with Crippen LogP contribution in [0.15, 0.2) is 4.52 Å². The van der Waals surface area contributed by atoms with Gasteiger partial charge in [-0.2, -0.15) is 4.98 Å². The van der Waals surface area contributed by atoms with E-state index in [0.717, 1.165) is 36.3 Å². The van der Waals surface area contributed by atoms with Crippen LogP contribution < -0.4 is 5.73 Å². The number of hydrogen-bond donors (Lipinski definition) is 1. The second-order valence-corrected chi connectivity index (χ2v) is 5.23. The van der Waals surface area contributed by atoms with Crippen LogP contribution in [0.1, 0.15) is 37.2 Å². The fourth-order valence-electron chi connectivity index (χ4n) is 2.18. The third-order valence-corrected chi connectivity index (χ3v) is 4.03. The van der Waals surface area contributed by atoms with Gasteiger partial charge < -0.3 is 10.3 Å². The Kier molecular flexibility index (Phi) is 2.44. The summed E-state index contributed by atoms with van der Waals surface area (Å²) < 4.78 is 9.11. The van der Waals surface area contributed by atoms with E-state index in [9.17, 15) is 0 Å². The molecule has 2 aromatic rings. The Bertz CT molecular complexity index is 528. The van der Waals surface area contributed by atoms with Crippen molar-refractivity contribution in [2.24, 2.45) is 5.73 Å². The lowest BCUT2D eigenvalue weighted by atomic mass is 9.99. The van der Waals surface area contributed by atoms with Crippen molar-refractivity contribution in [3.63, 3.8) is 0 Å². The highest BCUT2D eigenvalue weighted by Gasteiger charge is 2.36. The third-order valence-electron chi connectivity index (χ3n) is 3.21. The maximum absolute atomic E-state index is 6.27. The molecule has 7 heteroatoms. The van der Waals surface area contributed by atoms with Crippen LogP contribution in [0.2, 0.25) is 0 Å². The molecule has 2 aromatic heterocycles. The predicted octanol–water partition coefficient (Wildman–Crippen LogP) is 1.62. The molecule has 1 aliphatic carbocycles. The molecule has 0 saturated heterocycles. The Balaban J connectivity index is 1.96. The molecule has 0 unspecified atom stereocenters. The lowest BCUT2D eigenvalue weighted by molar-refractivity contribution is 0.373. The highest BCUT2D eigenvalue weighted by atomic mass is 32.1. The summed E-state index contributed by atoms with van der Waals surface area (Å²) in [5, 5.41) is 7.93. The zero-order chi connectivity index (χ0) is 11.9. The lowest BCUT2D eigenvalue weighted by Gasteiger charge is -2.17. The Labute approximate surface area is 102 Å². The summed E-state index contributed by atoms with van der Waals surface area (Å²) in [4.78, 5) is 5.22.